The molecule has 1 fully saturated rings. The highest BCUT2D eigenvalue weighted by Gasteiger charge is 2.53. The van der Waals surface area contributed by atoms with Crippen LogP contribution in [0.15, 0.2) is 77.3 Å². The number of carbonyl (C=O) groups is 2. The number of ketones is 1. The third kappa shape index (κ3) is 4.27. The predicted octanol–water partition coefficient (Wildman–Crippen LogP) is 6.03. The van der Waals surface area contributed by atoms with Gasteiger partial charge in [0.05, 0.1) is 26.6 Å². The molecular formula is C31H29BrN4O3. The Morgan fingerprint density at radius 1 is 1.08 bits per heavy atom. The molecule has 8 heteroatoms. The van der Waals surface area contributed by atoms with Gasteiger partial charge in [0.2, 0.25) is 0 Å². The first-order valence-electron chi connectivity index (χ1n) is 13.3. The Kier molecular flexibility index (Phi) is 6.59. The fraction of sp³-hybridized carbons (Fsp3) is 0.290. The van der Waals surface area contributed by atoms with Gasteiger partial charge in [0.15, 0.2) is 5.78 Å². The van der Waals surface area contributed by atoms with Gasteiger partial charge in [-0.25, -0.2) is 4.79 Å². The topological polar surface area (TPSA) is 97.1 Å². The Balaban J connectivity index is 1.30. The number of aliphatic carboxylic acids is 1. The number of carbonyl (C=O) groups excluding carboxylic acids is 1. The highest BCUT2D eigenvalue weighted by atomic mass is 79.9. The molecule has 2 N–H and O–H groups in total. The minimum absolute atomic E-state index is 0.103. The molecule has 2 aliphatic carbocycles. The molecule has 1 spiro atoms. The summed E-state index contributed by atoms with van der Waals surface area (Å²) >= 11 is 3.41. The molecule has 0 amide bonds. The lowest BCUT2D eigenvalue weighted by atomic mass is 9.62. The summed E-state index contributed by atoms with van der Waals surface area (Å²) in [7, 11) is 2.03. The minimum Gasteiger partial charge on any atom is -0.480 e. The second-order valence-corrected chi connectivity index (χ2v) is 11.3. The lowest BCUT2D eigenvalue weighted by Gasteiger charge is -2.46. The van der Waals surface area contributed by atoms with E-state index in [9.17, 15) is 14.7 Å². The summed E-state index contributed by atoms with van der Waals surface area (Å²) in [6, 6.07) is 15.1. The molecule has 0 aliphatic heterocycles. The van der Waals surface area contributed by atoms with Gasteiger partial charge in [-0.2, -0.15) is 0 Å². The van der Waals surface area contributed by atoms with Gasteiger partial charge in [0, 0.05) is 48.9 Å². The van der Waals surface area contributed by atoms with E-state index in [2.05, 4.69) is 36.9 Å². The summed E-state index contributed by atoms with van der Waals surface area (Å²) in [6.45, 7) is 0. The average Bonchev–Trinajstić information content (AvgIpc) is 3.28. The predicted molar refractivity (Wildman–Crippen MR) is 154 cm³/mol. The van der Waals surface area contributed by atoms with Crippen LogP contribution in [-0.2, 0) is 23.1 Å². The van der Waals surface area contributed by atoms with E-state index in [-0.39, 0.29) is 5.78 Å². The smallest absolute Gasteiger partial charge is 0.326 e. The lowest BCUT2D eigenvalue weighted by molar-refractivity contribution is -0.140. The molecule has 4 aromatic rings. The molecule has 3 heterocycles. The third-order valence-electron chi connectivity index (χ3n) is 8.23. The number of carboxylic acids is 1. The third-order valence-corrected chi connectivity index (χ3v) is 8.99. The number of hydrogen-bond acceptors (Lipinski definition) is 5. The van der Waals surface area contributed by atoms with Crippen molar-refractivity contribution in [3.05, 3.63) is 82.9 Å². The van der Waals surface area contributed by atoms with E-state index >= 15 is 0 Å². The molecule has 2 aliphatic rings. The monoisotopic (exact) mass is 584 g/mol. The molecule has 1 saturated carbocycles. The molecular weight excluding hydrogens is 556 g/mol. The number of benzene rings is 1. The molecule has 0 radical (unpaired) electrons. The first kappa shape index (κ1) is 25.5. The van der Waals surface area contributed by atoms with Crippen molar-refractivity contribution in [1.82, 2.24) is 19.9 Å². The standard InChI is InChI=1S/C31H29BrN4O3/c1-36-23-8-6-16-34-26(23)24(27(36)21-7-5-15-33-18-21)20-11-9-19(10-12-20)17-22(30(38)39)35-28-25(32)29(37)31(28)13-3-2-4-14-31/h5-12,15-16,18,22,35H,2-4,13-14,17H2,1H3,(H,38,39)/t22-/m0/s1. The molecule has 6 rings (SSSR count). The number of aromatic nitrogens is 3. The van der Waals surface area contributed by atoms with Gasteiger partial charge >= 0.3 is 5.97 Å². The molecule has 3 aromatic heterocycles. The normalized spacial score (nSPS) is 17.3. The zero-order valence-corrected chi connectivity index (χ0v) is 23.2. The zero-order valence-electron chi connectivity index (χ0n) is 21.7. The van der Waals surface area contributed by atoms with E-state index in [1.807, 2.05) is 55.7 Å². The Labute approximate surface area is 235 Å². The summed E-state index contributed by atoms with van der Waals surface area (Å²) in [6.07, 6.45) is 10.4. The first-order chi connectivity index (χ1) is 18.9. The van der Waals surface area contributed by atoms with Crippen LogP contribution in [0.2, 0.25) is 0 Å². The number of nitrogens with zero attached hydrogens (tertiary/aromatic N) is 3. The molecule has 1 aromatic carbocycles. The summed E-state index contributed by atoms with van der Waals surface area (Å²) < 4.78 is 2.64. The van der Waals surface area contributed by atoms with Crippen molar-refractivity contribution in [1.29, 1.82) is 0 Å². The molecule has 39 heavy (non-hydrogen) atoms. The van der Waals surface area contributed by atoms with Crippen LogP contribution in [0.25, 0.3) is 33.4 Å². The molecule has 0 unspecified atom stereocenters. The van der Waals surface area contributed by atoms with Crippen molar-refractivity contribution in [3.8, 4) is 22.4 Å². The van der Waals surface area contributed by atoms with Crippen molar-refractivity contribution in [2.75, 3.05) is 0 Å². The van der Waals surface area contributed by atoms with Crippen LogP contribution in [0.4, 0.5) is 0 Å². The number of hydrogen-bond donors (Lipinski definition) is 2. The van der Waals surface area contributed by atoms with Crippen molar-refractivity contribution in [3.63, 3.8) is 0 Å². The van der Waals surface area contributed by atoms with Gasteiger partial charge in [-0.15, -0.1) is 0 Å². The summed E-state index contributed by atoms with van der Waals surface area (Å²) in [4.78, 5) is 34.0. The fourth-order valence-electron chi connectivity index (χ4n) is 6.21. The van der Waals surface area contributed by atoms with Crippen molar-refractivity contribution >= 4 is 38.7 Å². The number of carboxylic acid groups (broad SMARTS) is 1. The Morgan fingerprint density at radius 3 is 2.51 bits per heavy atom. The second kappa shape index (κ2) is 10.1. The Hall–Kier alpha value is -3.78. The maximum Gasteiger partial charge on any atom is 0.326 e. The van der Waals surface area contributed by atoms with Crippen LogP contribution in [0.1, 0.15) is 37.7 Å². The van der Waals surface area contributed by atoms with Crippen LogP contribution >= 0.6 is 15.9 Å². The molecule has 0 bridgehead atoms. The van der Waals surface area contributed by atoms with Gasteiger partial charge in [0.1, 0.15) is 6.04 Å². The van der Waals surface area contributed by atoms with Crippen LogP contribution in [-0.4, -0.2) is 37.4 Å². The average molecular weight is 586 g/mol. The lowest BCUT2D eigenvalue weighted by Crippen LogP contribution is -2.53. The van der Waals surface area contributed by atoms with E-state index in [4.69, 9.17) is 4.98 Å². The van der Waals surface area contributed by atoms with Crippen molar-refractivity contribution in [2.24, 2.45) is 12.5 Å². The molecule has 1 atom stereocenters. The Morgan fingerprint density at radius 2 is 1.82 bits per heavy atom. The van der Waals surface area contributed by atoms with E-state index in [1.165, 1.54) is 0 Å². The number of halogens is 1. The van der Waals surface area contributed by atoms with Crippen LogP contribution < -0.4 is 5.32 Å². The summed E-state index contributed by atoms with van der Waals surface area (Å²) in [5.41, 5.74) is 7.08. The van der Waals surface area contributed by atoms with Crippen molar-refractivity contribution in [2.45, 2.75) is 44.6 Å². The molecule has 7 nitrogen and oxygen atoms in total. The largest absolute Gasteiger partial charge is 0.480 e. The number of aryl methyl sites for hydroxylation is 1. The second-order valence-electron chi connectivity index (χ2n) is 10.5. The quantitative estimate of drug-likeness (QED) is 0.275. The van der Waals surface area contributed by atoms with Crippen LogP contribution in [0.3, 0.4) is 0 Å². The van der Waals surface area contributed by atoms with Crippen LogP contribution in [0, 0.1) is 5.41 Å². The van der Waals surface area contributed by atoms with E-state index < -0.39 is 17.4 Å². The molecule has 198 valence electrons. The SMILES string of the molecule is Cn1c(-c2cccnc2)c(-c2ccc(C[C@H](NC3=C(Br)C(=O)C34CCCCC4)C(=O)O)cc2)c2ncccc21. The summed E-state index contributed by atoms with van der Waals surface area (Å²) in [5, 5.41) is 13.3. The number of rotatable bonds is 7. The van der Waals surface area contributed by atoms with Gasteiger partial charge in [0.25, 0.3) is 0 Å². The van der Waals surface area contributed by atoms with Gasteiger partial charge in [-0.3, -0.25) is 14.8 Å². The maximum atomic E-state index is 12.8. The number of Topliss-reactive ketones (excluding diaryl/α,β-unsaturated/α-hetero) is 1. The number of nitrogens with one attached hydrogen (secondary N) is 1. The number of allylic oxidation sites excluding steroid dienone is 2. The fourth-order valence-corrected chi connectivity index (χ4v) is 7.08. The number of pyridine rings is 2. The first-order valence-corrected chi connectivity index (χ1v) is 14.1. The summed E-state index contributed by atoms with van der Waals surface area (Å²) in [5.74, 6) is -0.833. The highest BCUT2D eigenvalue weighted by Crippen LogP contribution is 2.53. The van der Waals surface area contributed by atoms with Gasteiger partial charge in [-0.1, -0.05) is 43.5 Å². The van der Waals surface area contributed by atoms with E-state index in [1.54, 1.807) is 12.4 Å². The zero-order chi connectivity index (χ0) is 27.1. The minimum atomic E-state index is -0.936. The van der Waals surface area contributed by atoms with E-state index in [0.717, 1.165) is 76.8 Å². The van der Waals surface area contributed by atoms with Gasteiger partial charge in [-0.05, 0) is 64.2 Å². The van der Waals surface area contributed by atoms with E-state index in [0.29, 0.717) is 10.9 Å². The Bertz CT molecular complexity index is 1600. The van der Waals surface area contributed by atoms with Crippen LogP contribution in [0.5, 0.6) is 0 Å². The number of fused-ring (bicyclic) bond motifs is 1. The highest BCUT2D eigenvalue weighted by molar-refractivity contribution is 9.12. The maximum absolute atomic E-state index is 12.8. The van der Waals surface area contributed by atoms with Crippen molar-refractivity contribution < 1.29 is 14.7 Å². The molecule has 0 saturated heterocycles. The van der Waals surface area contributed by atoms with Gasteiger partial charge < -0.3 is 15.0 Å².